The molecule has 19 heavy (non-hydrogen) atoms. The van der Waals surface area contributed by atoms with Crippen LogP contribution in [0.1, 0.15) is 57.1 Å². The average molecular weight is 254 g/mol. The van der Waals surface area contributed by atoms with E-state index in [1.54, 1.807) is 11.1 Å². The number of benzene rings is 2. The zero-order valence-electron chi connectivity index (χ0n) is 12.4. The first kappa shape index (κ1) is 14.1. The molecule has 0 radical (unpaired) electrons. The predicted molar refractivity (Wildman–Crippen MR) is 85.8 cm³/mol. The number of hydrogen-bond acceptors (Lipinski definition) is 0. The molecule has 0 aliphatic rings. The quantitative estimate of drug-likeness (QED) is 0.538. The van der Waals surface area contributed by atoms with Gasteiger partial charge >= 0.3 is 0 Å². The molecular formula is C19H26. The molecule has 0 fully saturated rings. The third kappa shape index (κ3) is 3.59. The highest BCUT2D eigenvalue weighted by Crippen LogP contribution is 2.26. The first-order valence-electron chi connectivity index (χ1n) is 7.86. The predicted octanol–water partition coefficient (Wildman–Crippen LogP) is 5.92. The molecule has 2 aromatic rings. The summed E-state index contributed by atoms with van der Waals surface area (Å²) in [6.45, 7) is 4.54. The first-order chi connectivity index (χ1) is 9.36. The summed E-state index contributed by atoms with van der Waals surface area (Å²) in [6.07, 6.45) is 8.97. The summed E-state index contributed by atoms with van der Waals surface area (Å²) in [6, 6.07) is 13.6. The summed E-state index contributed by atoms with van der Waals surface area (Å²) in [7, 11) is 0. The van der Waals surface area contributed by atoms with Crippen molar-refractivity contribution in [2.45, 2.75) is 58.8 Å². The lowest BCUT2D eigenvalue weighted by molar-refractivity contribution is 0.719. The molecule has 0 N–H and O–H groups in total. The number of unbranched alkanes of at least 4 members (excludes halogenated alkanes) is 3. The third-order valence-electron chi connectivity index (χ3n) is 3.93. The van der Waals surface area contributed by atoms with Crippen molar-refractivity contribution in [1.29, 1.82) is 0 Å². The maximum Gasteiger partial charge on any atom is -0.0120 e. The van der Waals surface area contributed by atoms with E-state index in [4.69, 9.17) is 0 Å². The van der Waals surface area contributed by atoms with Crippen LogP contribution in [-0.2, 0) is 12.8 Å². The monoisotopic (exact) mass is 254 g/mol. The van der Waals surface area contributed by atoms with Gasteiger partial charge in [-0.2, -0.15) is 0 Å². The van der Waals surface area contributed by atoms with Gasteiger partial charge in [0.25, 0.3) is 0 Å². The van der Waals surface area contributed by atoms with Gasteiger partial charge in [0.1, 0.15) is 0 Å². The van der Waals surface area contributed by atoms with Crippen LogP contribution in [0, 0.1) is 0 Å². The average Bonchev–Trinajstić information content (AvgIpc) is 2.45. The molecule has 0 bridgehead atoms. The second-order valence-electron chi connectivity index (χ2n) is 5.49. The highest BCUT2D eigenvalue weighted by molar-refractivity contribution is 5.89. The molecule has 0 saturated carbocycles. The Morgan fingerprint density at radius 3 is 1.84 bits per heavy atom. The summed E-state index contributed by atoms with van der Waals surface area (Å²) in [5.41, 5.74) is 3.10. The minimum Gasteiger partial charge on any atom is -0.0654 e. The molecule has 0 saturated heterocycles. The van der Waals surface area contributed by atoms with E-state index < -0.39 is 0 Å². The molecule has 0 heteroatoms. The molecule has 0 unspecified atom stereocenters. The van der Waals surface area contributed by atoms with Crippen molar-refractivity contribution >= 4 is 10.8 Å². The Hall–Kier alpha value is -1.30. The number of aryl methyl sites for hydroxylation is 2. The Bertz CT molecular complexity index is 505. The van der Waals surface area contributed by atoms with E-state index in [0.717, 1.165) is 0 Å². The number of fused-ring (bicyclic) bond motifs is 1. The second-order valence-corrected chi connectivity index (χ2v) is 5.49. The molecule has 2 aromatic carbocycles. The fourth-order valence-electron chi connectivity index (χ4n) is 2.85. The smallest absolute Gasteiger partial charge is 0.0120 e. The van der Waals surface area contributed by atoms with Gasteiger partial charge in [0.2, 0.25) is 0 Å². The van der Waals surface area contributed by atoms with Gasteiger partial charge in [0.05, 0.1) is 0 Å². The van der Waals surface area contributed by atoms with Crippen LogP contribution in [0.15, 0.2) is 36.4 Å². The lowest BCUT2D eigenvalue weighted by atomic mass is 9.93. The van der Waals surface area contributed by atoms with Crippen molar-refractivity contribution in [2.75, 3.05) is 0 Å². The number of rotatable bonds is 7. The maximum atomic E-state index is 2.33. The van der Waals surface area contributed by atoms with Gasteiger partial charge in [-0.3, -0.25) is 0 Å². The molecule has 0 aromatic heterocycles. The van der Waals surface area contributed by atoms with Crippen molar-refractivity contribution in [2.24, 2.45) is 0 Å². The van der Waals surface area contributed by atoms with Gasteiger partial charge in [-0.05, 0) is 47.6 Å². The molecule has 0 heterocycles. The van der Waals surface area contributed by atoms with E-state index in [0.29, 0.717) is 0 Å². The Balaban J connectivity index is 2.33. The normalized spacial score (nSPS) is 11.1. The molecule has 0 nitrogen and oxygen atoms in total. The minimum absolute atomic E-state index is 1.22. The van der Waals surface area contributed by atoms with Crippen LogP contribution in [0.25, 0.3) is 10.8 Å². The Labute approximate surface area is 117 Å². The summed E-state index contributed by atoms with van der Waals surface area (Å²) >= 11 is 0. The molecule has 0 atom stereocenters. The van der Waals surface area contributed by atoms with Crippen molar-refractivity contribution < 1.29 is 0 Å². The molecule has 102 valence electrons. The zero-order chi connectivity index (χ0) is 13.5. The third-order valence-corrected chi connectivity index (χ3v) is 3.93. The molecule has 0 spiro atoms. The topological polar surface area (TPSA) is 0 Å². The summed E-state index contributed by atoms with van der Waals surface area (Å²) in [5, 5.41) is 2.96. The van der Waals surface area contributed by atoms with Crippen LogP contribution >= 0.6 is 0 Å². The highest BCUT2D eigenvalue weighted by Gasteiger charge is 2.05. The second kappa shape index (κ2) is 7.33. The van der Waals surface area contributed by atoms with Crippen molar-refractivity contribution in [3.05, 3.63) is 47.5 Å². The Kier molecular flexibility index (Phi) is 5.44. The van der Waals surface area contributed by atoms with E-state index in [9.17, 15) is 0 Å². The largest absolute Gasteiger partial charge is 0.0654 e. The van der Waals surface area contributed by atoms with E-state index in [-0.39, 0.29) is 0 Å². The standard InChI is InChI=1S/C19H26/c1-3-5-7-11-17-13-9-15-18-14-8-12-16(19(17)18)10-6-4-2/h8-9,12-15H,3-7,10-11H2,1-2H3. The lowest BCUT2D eigenvalue weighted by Crippen LogP contribution is -1.93. The first-order valence-corrected chi connectivity index (χ1v) is 7.86. The van der Waals surface area contributed by atoms with Gasteiger partial charge in [-0.25, -0.2) is 0 Å². The Morgan fingerprint density at radius 2 is 1.26 bits per heavy atom. The molecule has 0 aliphatic carbocycles. The van der Waals surface area contributed by atoms with Crippen LogP contribution in [0.2, 0.25) is 0 Å². The van der Waals surface area contributed by atoms with E-state index >= 15 is 0 Å². The van der Waals surface area contributed by atoms with Crippen LogP contribution in [-0.4, -0.2) is 0 Å². The fraction of sp³-hybridized carbons (Fsp3) is 0.474. The summed E-state index contributed by atoms with van der Waals surface area (Å²) < 4.78 is 0. The molecular weight excluding hydrogens is 228 g/mol. The van der Waals surface area contributed by atoms with Crippen LogP contribution in [0.5, 0.6) is 0 Å². The number of hydrogen-bond donors (Lipinski definition) is 0. The SMILES string of the molecule is CCCCCc1cccc2cccc(CCCC)c12. The molecule has 0 aliphatic heterocycles. The Morgan fingerprint density at radius 1 is 0.684 bits per heavy atom. The van der Waals surface area contributed by atoms with Crippen LogP contribution < -0.4 is 0 Å². The van der Waals surface area contributed by atoms with Gasteiger partial charge in [-0.1, -0.05) is 69.5 Å². The van der Waals surface area contributed by atoms with Crippen molar-refractivity contribution in [3.8, 4) is 0 Å². The van der Waals surface area contributed by atoms with Gasteiger partial charge in [0.15, 0.2) is 0 Å². The zero-order valence-corrected chi connectivity index (χ0v) is 12.4. The van der Waals surface area contributed by atoms with E-state index in [2.05, 4.69) is 50.2 Å². The fourth-order valence-corrected chi connectivity index (χ4v) is 2.85. The maximum absolute atomic E-state index is 2.33. The van der Waals surface area contributed by atoms with Crippen LogP contribution in [0.4, 0.5) is 0 Å². The highest BCUT2D eigenvalue weighted by atomic mass is 14.1. The molecule has 0 amide bonds. The lowest BCUT2D eigenvalue weighted by Gasteiger charge is -2.11. The van der Waals surface area contributed by atoms with Gasteiger partial charge in [0, 0.05) is 0 Å². The summed E-state index contributed by atoms with van der Waals surface area (Å²) in [5.74, 6) is 0. The minimum atomic E-state index is 1.22. The van der Waals surface area contributed by atoms with Crippen LogP contribution in [0.3, 0.4) is 0 Å². The van der Waals surface area contributed by atoms with Crippen molar-refractivity contribution in [3.63, 3.8) is 0 Å². The van der Waals surface area contributed by atoms with E-state index in [1.165, 1.54) is 55.7 Å². The molecule has 2 rings (SSSR count). The van der Waals surface area contributed by atoms with E-state index in [1.807, 2.05) is 0 Å². The van der Waals surface area contributed by atoms with Gasteiger partial charge in [-0.15, -0.1) is 0 Å². The summed E-state index contributed by atoms with van der Waals surface area (Å²) in [4.78, 5) is 0. The van der Waals surface area contributed by atoms with Gasteiger partial charge < -0.3 is 0 Å². The van der Waals surface area contributed by atoms with Crippen molar-refractivity contribution in [1.82, 2.24) is 0 Å².